The minimum Gasteiger partial charge on any atom is -0.330 e. The van der Waals surface area contributed by atoms with E-state index in [1.807, 2.05) is 15.6 Å². The Hall–Kier alpha value is -2.59. The molecule has 0 bridgehead atoms. The molecule has 2 aliphatic rings. The molecule has 0 spiro atoms. The van der Waals surface area contributed by atoms with E-state index in [9.17, 15) is 32.3 Å². The molecule has 1 aromatic rings. The Morgan fingerprint density at radius 1 is 1.21 bits per heavy atom. The number of nitrogens with one attached hydrogen (secondary N) is 3. The van der Waals surface area contributed by atoms with E-state index in [-0.39, 0.29) is 12.5 Å². The maximum absolute atomic E-state index is 14.2. The van der Waals surface area contributed by atoms with Crippen molar-refractivity contribution in [2.24, 2.45) is 11.8 Å². The van der Waals surface area contributed by atoms with E-state index in [0.717, 1.165) is 11.0 Å². The highest BCUT2D eigenvalue weighted by Crippen LogP contribution is 2.45. The standard InChI is InChI=1S/C18H23F3N4O4/c1-9(2)8-25-12-11(14(27)23-16(25)29)17(15(28)22-12,18(19,20)21)24-13(26)10-6-4-3-5-7-10/h9-10H,3-8H2,1-2H3,(H,22,28)(H,24,26)(H,23,27,29)/t17-/m0/s1. The van der Waals surface area contributed by atoms with Crippen LogP contribution >= 0.6 is 0 Å². The van der Waals surface area contributed by atoms with Gasteiger partial charge in [0.2, 0.25) is 11.4 Å². The highest BCUT2D eigenvalue weighted by molar-refractivity contribution is 6.07. The lowest BCUT2D eigenvalue weighted by molar-refractivity contribution is -0.201. The van der Waals surface area contributed by atoms with E-state index in [4.69, 9.17) is 0 Å². The second-order valence-corrected chi connectivity index (χ2v) is 8.01. The molecule has 2 heterocycles. The first-order valence-corrected chi connectivity index (χ1v) is 9.57. The first kappa shape index (κ1) is 21.1. The van der Waals surface area contributed by atoms with Crippen LogP contribution in [0.5, 0.6) is 0 Å². The van der Waals surface area contributed by atoms with E-state index in [2.05, 4.69) is 0 Å². The van der Waals surface area contributed by atoms with E-state index >= 15 is 0 Å². The molecule has 0 saturated heterocycles. The van der Waals surface area contributed by atoms with Crippen LogP contribution in [0.2, 0.25) is 0 Å². The van der Waals surface area contributed by atoms with Crippen LogP contribution in [-0.2, 0) is 21.7 Å². The van der Waals surface area contributed by atoms with Crippen LogP contribution in [0, 0.1) is 11.8 Å². The highest BCUT2D eigenvalue weighted by Gasteiger charge is 2.68. The van der Waals surface area contributed by atoms with Crippen LogP contribution < -0.4 is 21.9 Å². The van der Waals surface area contributed by atoms with Gasteiger partial charge in [-0.2, -0.15) is 13.2 Å². The monoisotopic (exact) mass is 416 g/mol. The normalized spacial score (nSPS) is 22.5. The van der Waals surface area contributed by atoms with Gasteiger partial charge in [-0.05, 0) is 18.8 Å². The smallest absolute Gasteiger partial charge is 0.330 e. The van der Waals surface area contributed by atoms with Gasteiger partial charge in [-0.3, -0.25) is 23.9 Å². The van der Waals surface area contributed by atoms with Crippen LogP contribution in [0.3, 0.4) is 0 Å². The van der Waals surface area contributed by atoms with Crippen LogP contribution in [-0.4, -0.2) is 27.5 Å². The zero-order valence-corrected chi connectivity index (χ0v) is 16.1. The molecule has 1 saturated carbocycles. The number of rotatable bonds is 4. The predicted molar refractivity (Wildman–Crippen MR) is 97.2 cm³/mol. The van der Waals surface area contributed by atoms with Crippen molar-refractivity contribution in [2.75, 3.05) is 5.32 Å². The van der Waals surface area contributed by atoms with Gasteiger partial charge >= 0.3 is 11.9 Å². The van der Waals surface area contributed by atoms with Gasteiger partial charge in [0.05, 0.1) is 0 Å². The number of carbonyl (C=O) groups is 2. The third-order valence-corrected chi connectivity index (χ3v) is 5.41. The van der Waals surface area contributed by atoms with Gasteiger partial charge < -0.3 is 10.6 Å². The number of halogens is 3. The largest absolute Gasteiger partial charge is 0.425 e. The fraction of sp³-hybridized carbons (Fsp3) is 0.667. The molecular formula is C18H23F3N4O4. The van der Waals surface area contributed by atoms with Crippen molar-refractivity contribution in [3.05, 3.63) is 26.4 Å². The average Bonchev–Trinajstić information content (AvgIpc) is 2.93. The number of aromatic amines is 1. The Morgan fingerprint density at radius 3 is 2.38 bits per heavy atom. The summed E-state index contributed by atoms with van der Waals surface area (Å²) in [6.07, 6.45) is -2.17. The number of carbonyl (C=O) groups excluding carboxylic acids is 2. The summed E-state index contributed by atoms with van der Waals surface area (Å²) in [4.78, 5) is 51.7. The van der Waals surface area contributed by atoms with Crippen LogP contribution in [0.25, 0.3) is 0 Å². The van der Waals surface area contributed by atoms with E-state index in [1.54, 1.807) is 13.8 Å². The molecule has 3 N–H and O–H groups in total. The van der Waals surface area contributed by atoms with E-state index in [1.165, 1.54) is 0 Å². The predicted octanol–water partition coefficient (Wildman–Crippen LogP) is 1.60. The summed E-state index contributed by atoms with van der Waals surface area (Å²) in [6.45, 7) is 3.42. The molecule has 29 heavy (non-hydrogen) atoms. The van der Waals surface area contributed by atoms with Crippen molar-refractivity contribution < 1.29 is 22.8 Å². The summed E-state index contributed by atoms with van der Waals surface area (Å²) >= 11 is 0. The van der Waals surface area contributed by atoms with Crippen molar-refractivity contribution >= 4 is 17.6 Å². The summed E-state index contributed by atoms with van der Waals surface area (Å²) in [5.41, 5.74) is -6.83. The first-order valence-electron chi connectivity index (χ1n) is 9.57. The molecule has 8 nitrogen and oxygen atoms in total. The van der Waals surface area contributed by atoms with Gasteiger partial charge in [-0.25, -0.2) is 4.79 Å². The molecule has 0 aromatic carbocycles. The van der Waals surface area contributed by atoms with Crippen molar-refractivity contribution in [1.29, 1.82) is 0 Å². The topological polar surface area (TPSA) is 113 Å². The van der Waals surface area contributed by atoms with Gasteiger partial charge in [0.1, 0.15) is 11.4 Å². The van der Waals surface area contributed by atoms with Crippen LogP contribution in [0.4, 0.5) is 19.0 Å². The number of amides is 2. The fourth-order valence-electron chi connectivity index (χ4n) is 4.02. The third kappa shape index (κ3) is 3.46. The van der Waals surface area contributed by atoms with Crippen molar-refractivity contribution in [3.8, 4) is 0 Å². The lowest BCUT2D eigenvalue weighted by Crippen LogP contribution is -2.63. The molecule has 1 aromatic heterocycles. The summed E-state index contributed by atoms with van der Waals surface area (Å²) in [5.74, 6) is -3.87. The van der Waals surface area contributed by atoms with E-state index < -0.39 is 52.1 Å². The lowest BCUT2D eigenvalue weighted by atomic mass is 9.86. The van der Waals surface area contributed by atoms with E-state index in [0.29, 0.717) is 25.7 Å². The molecule has 1 aliphatic carbocycles. The fourth-order valence-corrected chi connectivity index (χ4v) is 4.02. The number of aromatic nitrogens is 2. The van der Waals surface area contributed by atoms with Gasteiger partial charge in [0.25, 0.3) is 11.5 Å². The Bertz CT molecular complexity index is 944. The number of fused-ring (bicyclic) bond motifs is 1. The second-order valence-electron chi connectivity index (χ2n) is 8.01. The summed E-state index contributed by atoms with van der Waals surface area (Å²) in [7, 11) is 0. The quantitative estimate of drug-likeness (QED) is 0.692. The molecule has 3 rings (SSSR count). The first-order chi connectivity index (χ1) is 13.5. The molecule has 0 unspecified atom stereocenters. The highest BCUT2D eigenvalue weighted by atomic mass is 19.4. The number of anilines is 1. The zero-order valence-electron chi connectivity index (χ0n) is 16.1. The average molecular weight is 416 g/mol. The van der Waals surface area contributed by atoms with Gasteiger partial charge in [0, 0.05) is 12.5 Å². The maximum atomic E-state index is 14.2. The minimum atomic E-state index is -5.29. The van der Waals surface area contributed by atoms with Gasteiger partial charge in [-0.15, -0.1) is 0 Å². The summed E-state index contributed by atoms with van der Waals surface area (Å²) in [5, 5.41) is 3.87. The number of hydrogen-bond donors (Lipinski definition) is 3. The van der Waals surface area contributed by atoms with Crippen LogP contribution in [0.15, 0.2) is 9.59 Å². The Labute approximate surface area is 163 Å². The molecule has 1 atom stereocenters. The SMILES string of the molecule is CC(C)Cn1c2c(c(=O)[nH]c1=O)[C@@](NC(=O)C1CCCCC1)(C(F)(F)F)C(=O)N2. The van der Waals surface area contributed by atoms with Crippen molar-refractivity contribution in [2.45, 2.75) is 64.2 Å². The van der Waals surface area contributed by atoms with Crippen molar-refractivity contribution in [3.63, 3.8) is 0 Å². The second kappa shape index (κ2) is 7.34. The molecule has 160 valence electrons. The zero-order chi connectivity index (χ0) is 21.6. The molecule has 11 heteroatoms. The Morgan fingerprint density at radius 2 is 1.83 bits per heavy atom. The number of nitrogens with zero attached hydrogens (tertiary/aromatic N) is 1. The van der Waals surface area contributed by atoms with Gasteiger partial charge in [0.15, 0.2) is 0 Å². The Balaban J connectivity index is 2.17. The number of alkyl halides is 3. The third-order valence-electron chi connectivity index (χ3n) is 5.41. The van der Waals surface area contributed by atoms with Crippen LogP contribution in [0.1, 0.15) is 51.5 Å². The van der Waals surface area contributed by atoms with Crippen molar-refractivity contribution in [1.82, 2.24) is 14.9 Å². The van der Waals surface area contributed by atoms with Gasteiger partial charge in [-0.1, -0.05) is 33.1 Å². The Kier molecular flexibility index (Phi) is 5.35. The summed E-state index contributed by atoms with van der Waals surface area (Å²) < 4.78 is 43.6. The molecule has 1 aliphatic heterocycles. The molecular weight excluding hydrogens is 393 g/mol. The number of hydrogen-bond acceptors (Lipinski definition) is 4. The summed E-state index contributed by atoms with van der Waals surface area (Å²) in [6, 6.07) is 0. The number of H-pyrrole nitrogens is 1. The minimum absolute atomic E-state index is 0.0251. The maximum Gasteiger partial charge on any atom is 0.425 e. The molecule has 1 fully saturated rings. The molecule has 2 amide bonds. The molecule has 0 radical (unpaired) electrons. The lowest BCUT2D eigenvalue weighted by Gasteiger charge is -2.32.